The first-order valence-corrected chi connectivity index (χ1v) is 11.2. The van der Waals surface area contributed by atoms with Crippen LogP contribution in [0.15, 0.2) is 53.4 Å². The fourth-order valence-electron chi connectivity index (χ4n) is 3.25. The zero-order valence-electron chi connectivity index (χ0n) is 16.3. The Balaban J connectivity index is 1.63. The highest BCUT2D eigenvalue weighted by Crippen LogP contribution is 2.22. The molecule has 9 heteroatoms. The number of amides is 1. The number of hydrogen-bond donors (Lipinski definition) is 3. The number of sulfonamides is 1. The van der Waals surface area contributed by atoms with E-state index < -0.39 is 34.3 Å². The van der Waals surface area contributed by atoms with Crippen LogP contribution >= 0.6 is 0 Å². The van der Waals surface area contributed by atoms with Crippen LogP contribution in [0.3, 0.4) is 0 Å². The van der Waals surface area contributed by atoms with Crippen molar-refractivity contribution < 1.29 is 27.9 Å². The standard InChI is InChI=1S/C21H24N2O6S/c24-19-11-10-17(30(27,28)22-13-15-6-2-1-3-7-15)12-18(19)21(26)29-14-20(25)23-16-8-4-5-9-16/h1-3,6-7,10-12,16,22,24H,4-5,8-9,13-14H2,(H,23,25). The zero-order valence-corrected chi connectivity index (χ0v) is 17.2. The Morgan fingerprint density at radius 3 is 2.47 bits per heavy atom. The minimum atomic E-state index is -3.93. The lowest BCUT2D eigenvalue weighted by Crippen LogP contribution is -2.35. The molecule has 2 aromatic rings. The molecule has 3 N–H and O–H groups in total. The van der Waals surface area contributed by atoms with E-state index in [1.165, 1.54) is 6.07 Å². The predicted octanol–water partition coefficient (Wildman–Crippen LogP) is 2.09. The third-order valence-electron chi connectivity index (χ3n) is 4.86. The van der Waals surface area contributed by atoms with Gasteiger partial charge < -0.3 is 15.2 Å². The van der Waals surface area contributed by atoms with Crippen molar-refractivity contribution in [3.63, 3.8) is 0 Å². The number of hydrogen-bond acceptors (Lipinski definition) is 6. The summed E-state index contributed by atoms with van der Waals surface area (Å²) in [5.41, 5.74) is 0.444. The number of rotatable bonds is 8. The fourth-order valence-corrected chi connectivity index (χ4v) is 4.30. The van der Waals surface area contributed by atoms with Crippen LogP contribution in [0, 0.1) is 0 Å². The highest BCUT2D eigenvalue weighted by Gasteiger charge is 2.22. The van der Waals surface area contributed by atoms with Gasteiger partial charge in [0, 0.05) is 12.6 Å². The Labute approximate surface area is 175 Å². The molecule has 0 saturated heterocycles. The van der Waals surface area contributed by atoms with Crippen molar-refractivity contribution in [1.82, 2.24) is 10.0 Å². The van der Waals surface area contributed by atoms with E-state index in [4.69, 9.17) is 4.74 Å². The van der Waals surface area contributed by atoms with E-state index in [2.05, 4.69) is 10.0 Å². The second-order valence-electron chi connectivity index (χ2n) is 7.11. The molecule has 0 aliphatic heterocycles. The van der Waals surface area contributed by atoms with Crippen LogP contribution in [0.1, 0.15) is 41.6 Å². The number of nitrogens with one attached hydrogen (secondary N) is 2. The molecule has 1 saturated carbocycles. The van der Waals surface area contributed by atoms with Gasteiger partial charge >= 0.3 is 5.97 Å². The molecule has 0 bridgehead atoms. The van der Waals surface area contributed by atoms with Gasteiger partial charge in [-0.2, -0.15) is 0 Å². The number of esters is 1. The molecule has 0 heterocycles. The van der Waals surface area contributed by atoms with Crippen molar-refractivity contribution in [2.24, 2.45) is 0 Å². The maximum absolute atomic E-state index is 12.5. The van der Waals surface area contributed by atoms with E-state index in [-0.39, 0.29) is 23.0 Å². The van der Waals surface area contributed by atoms with Gasteiger partial charge in [-0.05, 0) is 36.6 Å². The van der Waals surface area contributed by atoms with E-state index in [1.54, 1.807) is 24.3 Å². The largest absolute Gasteiger partial charge is 0.507 e. The molecular formula is C21H24N2O6S. The molecule has 0 aromatic heterocycles. The minimum absolute atomic E-state index is 0.0746. The summed E-state index contributed by atoms with van der Waals surface area (Å²) in [5, 5.41) is 12.7. The summed E-state index contributed by atoms with van der Waals surface area (Å²) in [6.45, 7) is -0.427. The predicted molar refractivity (Wildman–Crippen MR) is 109 cm³/mol. The summed E-state index contributed by atoms with van der Waals surface area (Å²) in [5.74, 6) is -1.84. The van der Waals surface area contributed by atoms with Gasteiger partial charge in [0.25, 0.3) is 5.91 Å². The normalized spacial score (nSPS) is 14.4. The van der Waals surface area contributed by atoms with Crippen molar-refractivity contribution in [2.75, 3.05) is 6.61 Å². The summed E-state index contributed by atoms with van der Waals surface area (Å²) in [6.07, 6.45) is 3.91. The van der Waals surface area contributed by atoms with Crippen LogP contribution in [-0.4, -0.2) is 38.0 Å². The second-order valence-corrected chi connectivity index (χ2v) is 8.88. The molecule has 160 valence electrons. The lowest BCUT2D eigenvalue weighted by Gasteiger charge is -2.13. The molecule has 1 amide bonds. The van der Waals surface area contributed by atoms with Crippen molar-refractivity contribution >= 4 is 21.9 Å². The minimum Gasteiger partial charge on any atom is -0.507 e. The first kappa shape index (κ1) is 21.8. The van der Waals surface area contributed by atoms with Crippen molar-refractivity contribution in [1.29, 1.82) is 0 Å². The molecule has 0 radical (unpaired) electrons. The summed E-state index contributed by atoms with van der Waals surface area (Å²) in [7, 11) is -3.93. The summed E-state index contributed by atoms with van der Waals surface area (Å²) in [4.78, 5) is 24.0. The highest BCUT2D eigenvalue weighted by molar-refractivity contribution is 7.89. The lowest BCUT2D eigenvalue weighted by molar-refractivity contribution is -0.124. The monoisotopic (exact) mass is 432 g/mol. The average molecular weight is 432 g/mol. The van der Waals surface area contributed by atoms with E-state index in [9.17, 15) is 23.1 Å². The van der Waals surface area contributed by atoms with E-state index in [0.717, 1.165) is 43.4 Å². The molecule has 2 aromatic carbocycles. The molecule has 1 aliphatic rings. The molecule has 0 atom stereocenters. The average Bonchev–Trinajstić information content (AvgIpc) is 3.24. The molecule has 0 unspecified atom stereocenters. The van der Waals surface area contributed by atoms with Crippen molar-refractivity contribution in [3.8, 4) is 5.75 Å². The SMILES string of the molecule is O=C(COC(=O)c1cc(S(=O)(=O)NCc2ccccc2)ccc1O)NC1CCCC1. The first-order chi connectivity index (χ1) is 14.3. The third kappa shape index (κ3) is 5.80. The summed E-state index contributed by atoms with van der Waals surface area (Å²) in [6, 6.07) is 12.4. The van der Waals surface area contributed by atoms with Gasteiger partial charge in [-0.1, -0.05) is 43.2 Å². The van der Waals surface area contributed by atoms with E-state index >= 15 is 0 Å². The Bertz CT molecular complexity index is 1000. The van der Waals surface area contributed by atoms with Crippen molar-refractivity contribution in [2.45, 2.75) is 43.2 Å². The molecule has 8 nitrogen and oxygen atoms in total. The fraction of sp³-hybridized carbons (Fsp3) is 0.333. The number of carbonyl (C=O) groups is 2. The van der Waals surface area contributed by atoms with Crippen LogP contribution in [0.4, 0.5) is 0 Å². The maximum Gasteiger partial charge on any atom is 0.342 e. The summed E-state index contributed by atoms with van der Waals surface area (Å²) >= 11 is 0. The quantitative estimate of drug-likeness (QED) is 0.549. The number of aromatic hydroxyl groups is 1. The Hall–Kier alpha value is -2.91. The zero-order chi connectivity index (χ0) is 21.6. The van der Waals surface area contributed by atoms with Crippen LogP contribution in [0.5, 0.6) is 5.75 Å². The molecule has 3 rings (SSSR count). The maximum atomic E-state index is 12.5. The Morgan fingerprint density at radius 1 is 1.07 bits per heavy atom. The number of phenolic OH excluding ortho intramolecular Hbond substituents is 1. The van der Waals surface area contributed by atoms with Gasteiger partial charge in [0.1, 0.15) is 11.3 Å². The van der Waals surface area contributed by atoms with Gasteiger partial charge in [0.05, 0.1) is 4.90 Å². The summed E-state index contributed by atoms with van der Waals surface area (Å²) < 4.78 is 32.5. The lowest BCUT2D eigenvalue weighted by atomic mass is 10.2. The highest BCUT2D eigenvalue weighted by atomic mass is 32.2. The van der Waals surface area contributed by atoms with Crippen LogP contribution in [0.25, 0.3) is 0 Å². The van der Waals surface area contributed by atoms with Gasteiger partial charge in [0.2, 0.25) is 10.0 Å². The number of phenols is 1. The van der Waals surface area contributed by atoms with Crippen molar-refractivity contribution in [3.05, 3.63) is 59.7 Å². The van der Waals surface area contributed by atoms with Crippen LogP contribution in [-0.2, 0) is 26.1 Å². The molecule has 0 spiro atoms. The molecule has 1 aliphatic carbocycles. The van der Waals surface area contributed by atoms with Gasteiger partial charge in [-0.3, -0.25) is 4.79 Å². The molecular weight excluding hydrogens is 408 g/mol. The topological polar surface area (TPSA) is 122 Å². The number of carbonyl (C=O) groups excluding carboxylic acids is 2. The Morgan fingerprint density at radius 2 is 1.77 bits per heavy atom. The van der Waals surface area contributed by atoms with Gasteiger partial charge in [-0.15, -0.1) is 0 Å². The smallest absolute Gasteiger partial charge is 0.342 e. The molecule has 30 heavy (non-hydrogen) atoms. The van der Waals surface area contributed by atoms with Gasteiger partial charge in [-0.25, -0.2) is 17.9 Å². The second kappa shape index (κ2) is 9.73. The third-order valence-corrected chi connectivity index (χ3v) is 6.26. The van der Waals surface area contributed by atoms with Crippen LogP contribution < -0.4 is 10.0 Å². The Kier molecular flexibility index (Phi) is 7.07. The number of ether oxygens (including phenoxy) is 1. The van der Waals surface area contributed by atoms with E-state index in [0.29, 0.717) is 0 Å². The van der Waals surface area contributed by atoms with Crippen LogP contribution in [0.2, 0.25) is 0 Å². The first-order valence-electron chi connectivity index (χ1n) is 9.68. The van der Waals surface area contributed by atoms with E-state index in [1.807, 2.05) is 6.07 Å². The van der Waals surface area contributed by atoms with Gasteiger partial charge in [0.15, 0.2) is 6.61 Å². The number of benzene rings is 2. The molecule has 1 fully saturated rings.